The molecule has 0 saturated heterocycles. The van der Waals surface area contributed by atoms with Gasteiger partial charge in [0.25, 0.3) is 0 Å². The molecule has 0 spiro atoms. The number of rotatable bonds is 0. The third kappa shape index (κ3) is 2520. The Balaban J connectivity index is -0.0000000431. The fourth-order valence-electron chi connectivity index (χ4n) is 0. The summed E-state index contributed by atoms with van der Waals surface area (Å²) in [5.41, 5.74) is 0. The lowest BCUT2D eigenvalue weighted by Gasteiger charge is -1.90. The van der Waals surface area contributed by atoms with Crippen molar-refractivity contribution in [1.29, 1.82) is 0 Å². The van der Waals surface area contributed by atoms with Crippen LogP contribution in [0, 0.1) is 0 Å². The third-order valence-corrected chi connectivity index (χ3v) is 0. The molecule has 0 rings (SSSR count). The first-order chi connectivity index (χ1) is 5.88. The number of Topliss-reactive ketones (excluding diaryl/α,β-unsaturated/α-hetero) is 1. The van der Waals surface area contributed by atoms with Crippen LogP contribution < -0.4 is 0 Å². The average molecular weight is 189 g/mol. The number of hydrogen-bond acceptors (Lipinski definition) is 2. The fourth-order valence-corrected chi connectivity index (χ4v) is 0. The van der Waals surface area contributed by atoms with E-state index in [0.717, 1.165) is 0 Å². The number of carbonyl (C=O) groups is 1. The van der Waals surface area contributed by atoms with Gasteiger partial charge in [0.1, 0.15) is 5.78 Å². The Morgan fingerprint density at radius 3 is 1.15 bits per heavy atom. The molecule has 0 aromatic heterocycles. The molecule has 2 heteroatoms. The van der Waals surface area contributed by atoms with Crippen LogP contribution in [0.3, 0.4) is 0 Å². The van der Waals surface area contributed by atoms with E-state index in [0.29, 0.717) is 0 Å². The van der Waals surface area contributed by atoms with Gasteiger partial charge in [-0.15, -0.1) is 6.58 Å². The first kappa shape index (κ1) is 22.8. The Labute approximate surface area is 84.6 Å². The zero-order chi connectivity index (χ0) is 11.9. The lowest BCUT2D eigenvalue weighted by Crippen LogP contribution is -1.99. The molecule has 82 valence electrons. The zero-order valence-corrected chi connectivity index (χ0v) is 10.6. The van der Waals surface area contributed by atoms with E-state index >= 15 is 0 Å². The van der Waals surface area contributed by atoms with Gasteiger partial charge < -0.3 is 9.69 Å². The van der Waals surface area contributed by atoms with E-state index in [9.17, 15) is 4.79 Å². The number of carbonyl (C=O) groups excluding carboxylic acids is 1. The van der Waals surface area contributed by atoms with Gasteiger partial charge in [0.05, 0.1) is 0 Å². The highest BCUT2D eigenvalue weighted by Gasteiger charge is 1.62. The summed E-state index contributed by atoms with van der Waals surface area (Å²) in [4.78, 5) is 11.4. The van der Waals surface area contributed by atoms with Gasteiger partial charge in [-0.05, 0) is 41.9 Å². The molecule has 0 aromatic carbocycles. The smallest absolute Gasteiger partial charge is 0.126 e. The summed E-state index contributed by atoms with van der Waals surface area (Å²) in [6, 6.07) is 0. The molecule has 0 aliphatic carbocycles. The number of nitrogens with zero attached hydrogens (tertiary/aromatic N) is 1. The number of allylic oxidation sites excluding steroid dienone is 1. The molecule has 2 nitrogen and oxygen atoms in total. The van der Waals surface area contributed by atoms with Crippen LogP contribution >= 0.6 is 0 Å². The second kappa shape index (κ2) is 30.1. The van der Waals surface area contributed by atoms with E-state index in [2.05, 4.69) is 6.58 Å². The van der Waals surface area contributed by atoms with Crippen LogP contribution in [0.15, 0.2) is 12.7 Å². The van der Waals surface area contributed by atoms with Crippen LogP contribution in [0.25, 0.3) is 0 Å². The van der Waals surface area contributed by atoms with Gasteiger partial charge in [-0.2, -0.15) is 0 Å². The molecule has 0 unspecified atom stereocenters. The van der Waals surface area contributed by atoms with Crippen molar-refractivity contribution in [3.63, 3.8) is 0 Å². The van der Waals surface area contributed by atoms with Crippen molar-refractivity contribution in [2.75, 3.05) is 21.1 Å². The maximum atomic E-state index is 9.44. The van der Waals surface area contributed by atoms with Crippen LogP contribution in [-0.2, 0) is 4.79 Å². The second-order valence-corrected chi connectivity index (χ2v) is 2.66. The minimum absolute atomic E-state index is 0.167. The first-order valence-corrected chi connectivity index (χ1v) is 4.53. The normalized spacial score (nSPS) is 6.23. The molecule has 13 heavy (non-hydrogen) atoms. The molecule has 0 aliphatic heterocycles. The maximum Gasteiger partial charge on any atom is 0.126 e. The quantitative estimate of drug-likeness (QED) is 0.546. The second-order valence-electron chi connectivity index (χ2n) is 2.66. The van der Waals surface area contributed by atoms with Crippen LogP contribution in [-0.4, -0.2) is 31.8 Å². The molecule has 0 N–H and O–H groups in total. The van der Waals surface area contributed by atoms with Crippen molar-refractivity contribution < 1.29 is 4.79 Å². The van der Waals surface area contributed by atoms with E-state index in [1.807, 2.05) is 46.8 Å². The molecule has 0 amide bonds. The van der Waals surface area contributed by atoms with Crippen molar-refractivity contribution >= 4 is 5.78 Å². The summed E-state index contributed by atoms with van der Waals surface area (Å²) in [6.07, 6.45) is 1.75. The van der Waals surface area contributed by atoms with E-state index < -0.39 is 0 Å². The summed E-state index contributed by atoms with van der Waals surface area (Å²) >= 11 is 0. The molecule has 0 radical (unpaired) electrons. The van der Waals surface area contributed by atoms with Crippen molar-refractivity contribution in [2.24, 2.45) is 0 Å². The standard InChI is InChI=1S/C3H9N.C3H6O.C3H6.C2H6/c1-4(2)3;1-3(2)4;1-3-2;1-2/h1-3H3;1-2H3;3H,1H2,2H3;1-2H3. The third-order valence-electron chi connectivity index (χ3n) is 0. The fraction of sp³-hybridized carbons (Fsp3) is 0.727. The van der Waals surface area contributed by atoms with E-state index in [-0.39, 0.29) is 5.78 Å². The predicted molar refractivity (Wildman–Crippen MR) is 63.2 cm³/mol. The highest BCUT2D eigenvalue weighted by atomic mass is 16.1. The molecule has 0 atom stereocenters. The first-order valence-electron chi connectivity index (χ1n) is 4.53. The zero-order valence-electron chi connectivity index (χ0n) is 10.6. The summed E-state index contributed by atoms with van der Waals surface area (Å²) in [5, 5.41) is 0. The molecular weight excluding hydrogens is 162 g/mol. The van der Waals surface area contributed by atoms with Crippen molar-refractivity contribution in [2.45, 2.75) is 34.6 Å². The van der Waals surface area contributed by atoms with Gasteiger partial charge in [-0.3, -0.25) is 0 Å². The van der Waals surface area contributed by atoms with Crippen molar-refractivity contribution in [1.82, 2.24) is 4.90 Å². The molecular formula is C11H27NO. The molecule has 0 aromatic rings. The number of hydrogen-bond donors (Lipinski definition) is 0. The summed E-state index contributed by atoms with van der Waals surface area (Å²) in [6.45, 7) is 12.3. The van der Waals surface area contributed by atoms with Crippen LogP contribution in [0.1, 0.15) is 34.6 Å². The Kier molecular flexibility index (Phi) is 52.9. The van der Waals surface area contributed by atoms with Gasteiger partial charge in [-0.25, -0.2) is 0 Å². The summed E-state index contributed by atoms with van der Waals surface area (Å²) < 4.78 is 0. The highest BCUT2D eigenvalue weighted by Crippen LogP contribution is 1.50. The van der Waals surface area contributed by atoms with Crippen LogP contribution in [0.2, 0.25) is 0 Å². The molecule has 0 aliphatic rings. The monoisotopic (exact) mass is 189 g/mol. The molecule has 0 bridgehead atoms. The SMILES string of the molecule is C=CC.CC.CC(C)=O.CN(C)C. The highest BCUT2D eigenvalue weighted by molar-refractivity contribution is 5.72. The Hall–Kier alpha value is -0.630. The Bertz CT molecular complexity index is 81.3. The van der Waals surface area contributed by atoms with Gasteiger partial charge >= 0.3 is 0 Å². The minimum Gasteiger partial charge on any atom is -0.312 e. The van der Waals surface area contributed by atoms with E-state index in [1.54, 1.807) is 6.08 Å². The molecule has 0 fully saturated rings. The van der Waals surface area contributed by atoms with Crippen LogP contribution in [0.4, 0.5) is 0 Å². The lowest BCUT2D eigenvalue weighted by atomic mass is 10.6. The predicted octanol–water partition coefficient (Wildman–Crippen LogP) is 2.99. The van der Waals surface area contributed by atoms with Crippen LogP contribution in [0.5, 0.6) is 0 Å². The molecule has 0 heterocycles. The van der Waals surface area contributed by atoms with E-state index in [4.69, 9.17) is 0 Å². The largest absolute Gasteiger partial charge is 0.312 e. The Morgan fingerprint density at radius 2 is 1.15 bits per heavy atom. The summed E-state index contributed by atoms with van der Waals surface area (Å²) in [5.74, 6) is 0.167. The Morgan fingerprint density at radius 1 is 1.15 bits per heavy atom. The number of ketones is 1. The summed E-state index contributed by atoms with van der Waals surface area (Å²) in [7, 11) is 6.00. The van der Waals surface area contributed by atoms with Crippen molar-refractivity contribution in [3.8, 4) is 0 Å². The average Bonchev–Trinajstić information content (AvgIpc) is 1.89. The van der Waals surface area contributed by atoms with Gasteiger partial charge in [0, 0.05) is 0 Å². The van der Waals surface area contributed by atoms with Crippen molar-refractivity contribution in [3.05, 3.63) is 12.7 Å². The van der Waals surface area contributed by atoms with E-state index in [1.165, 1.54) is 13.8 Å². The minimum atomic E-state index is 0.167. The van der Waals surface area contributed by atoms with Gasteiger partial charge in [0.15, 0.2) is 0 Å². The van der Waals surface area contributed by atoms with Gasteiger partial charge in [-0.1, -0.05) is 19.9 Å². The molecule has 0 saturated carbocycles. The lowest BCUT2D eigenvalue weighted by molar-refractivity contribution is -0.114. The van der Waals surface area contributed by atoms with Gasteiger partial charge in [0.2, 0.25) is 0 Å². The topological polar surface area (TPSA) is 20.3 Å². The maximum absolute atomic E-state index is 9.44.